The standard InChI is InChI=1S/C15H17FN4O/c1-20(8-9-3-2-4-11(16)7-9)15(21)14-12(17)13(18-19-14)10-5-6-10/h2-4,7,10H,5-6,8,17H2,1H3,(H,18,19). The molecule has 1 fully saturated rings. The van der Waals surface area contributed by atoms with Crippen molar-refractivity contribution in [2.45, 2.75) is 25.3 Å². The number of nitrogens with two attached hydrogens (primary N) is 1. The molecule has 0 radical (unpaired) electrons. The van der Waals surface area contributed by atoms with E-state index in [9.17, 15) is 9.18 Å². The zero-order valence-corrected chi connectivity index (χ0v) is 11.8. The SMILES string of the molecule is CN(Cc1cccc(F)c1)C(=O)c1n[nH]c(C2CC2)c1N. The number of hydrogen-bond donors (Lipinski definition) is 2. The Morgan fingerprint density at radius 3 is 2.95 bits per heavy atom. The summed E-state index contributed by atoms with van der Waals surface area (Å²) < 4.78 is 13.2. The Morgan fingerprint density at radius 1 is 1.52 bits per heavy atom. The van der Waals surface area contributed by atoms with Crippen molar-refractivity contribution in [2.24, 2.45) is 0 Å². The first-order valence-electron chi connectivity index (χ1n) is 6.90. The smallest absolute Gasteiger partial charge is 0.276 e. The van der Waals surface area contributed by atoms with Crippen LogP contribution in [0.15, 0.2) is 24.3 Å². The molecule has 3 rings (SSSR count). The van der Waals surface area contributed by atoms with Crippen LogP contribution in [0.2, 0.25) is 0 Å². The van der Waals surface area contributed by atoms with Gasteiger partial charge >= 0.3 is 0 Å². The van der Waals surface area contributed by atoms with Crippen molar-refractivity contribution < 1.29 is 9.18 Å². The maximum Gasteiger partial charge on any atom is 0.276 e. The summed E-state index contributed by atoms with van der Waals surface area (Å²) in [7, 11) is 1.65. The van der Waals surface area contributed by atoms with Gasteiger partial charge < -0.3 is 10.6 Å². The van der Waals surface area contributed by atoms with Crippen molar-refractivity contribution in [3.63, 3.8) is 0 Å². The quantitative estimate of drug-likeness (QED) is 0.906. The first kappa shape index (κ1) is 13.6. The van der Waals surface area contributed by atoms with E-state index in [0.717, 1.165) is 24.1 Å². The van der Waals surface area contributed by atoms with E-state index in [1.807, 2.05) is 0 Å². The maximum atomic E-state index is 13.2. The van der Waals surface area contributed by atoms with E-state index >= 15 is 0 Å². The second-order valence-corrected chi connectivity index (χ2v) is 5.46. The van der Waals surface area contributed by atoms with Crippen molar-refractivity contribution in [3.05, 3.63) is 47.0 Å². The molecule has 0 atom stereocenters. The van der Waals surface area contributed by atoms with Gasteiger partial charge in [-0.3, -0.25) is 9.89 Å². The van der Waals surface area contributed by atoms with Gasteiger partial charge in [0.15, 0.2) is 5.69 Å². The number of H-pyrrole nitrogens is 1. The Bertz CT molecular complexity index is 678. The van der Waals surface area contributed by atoms with Crippen molar-refractivity contribution in [1.82, 2.24) is 15.1 Å². The number of halogens is 1. The summed E-state index contributed by atoms with van der Waals surface area (Å²) in [4.78, 5) is 13.9. The lowest BCUT2D eigenvalue weighted by Gasteiger charge is -2.16. The fourth-order valence-electron chi connectivity index (χ4n) is 2.37. The van der Waals surface area contributed by atoms with Crippen molar-refractivity contribution in [2.75, 3.05) is 12.8 Å². The molecule has 0 bridgehead atoms. The predicted octanol–water partition coefficient (Wildman–Crippen LogP) is 2.28. The fraction of sp³-hybridized carbons (Fsp3) is 0.333. The third kappa shape index (κ3) is 2.74. The molecule has 110 valence electrons. The Morgan fingerprint density at radius 2 is 2.29 bits per heavy atom. The lowest BCUT2D eigenvalue weighted by molar-refractivity contribution is 0.0780. The van der Waals surface area contributed by atoms with Crippen LogP contribution in [0.4, 0.5) is 10.1 Å². The summed E-state index contributed by atoms with van der Waals surface area (Å²) in [6.07, 6.45) is 2.16. The molecule has 2 aromatic rings. The molecule has 6 heteroatoms. The van der Waals surface area contributed by atoms with Crippen molar-refractivity contribution in [1.29, 1.82) is 0 Å². The lowest BCUT2D eigenvalue weighted by Crippen LogP contribution is -2.27. The number of rotatable bonds is 4. The fourth-order valence-corrected chi connectivity index (χ4v) is 2.37. The highest BCUT2D eigenvalue weighted by molar-refractivity contribution is 5.97. The molecule has 1 aromatic carbocycles. The second-order valence-electron chi connectivity index (χ2n) is 5.46. The van der Waals surface area contributed by atoms with E-state index in [2.05, 4.69) is 10.2 Å². The number of amides is 1. The van der Waals surface area contributed by atoms with Gasteiger partial charge in [-0.25, -0.2) is 4.39 Å². The highest BCUT2D eigenvalue weighted by Gasteiger charge is 2.31. The monoisotopic (exact) mass is 288 g/mol. The van der Waals surface area contributed by atoms with Gasteiger partial charge in [-0.2, -0.15) is 5.10 Å². The lowest BCUT2D eigenvalue weighted by atomic mass is 10.2. The summed E-state index contributed by atoms with van der Waals surface area (Å²) >= 11 is 0. The van der Waals surface area contributed by atoms with Crippen LogP contribution in [-0.2, 0) is 6.54 Å². The summed E-state index contributed by atoms with van der Waals surface area (Å²) in [5, 5.41) is 6.90. The molecular formula is C15H17FN4O. The zero-order valence-electron chi connectivity index (χ0n) is 11.8. The van der Waals surface area contributed by atoms with Crippen LogP contribution in [0, 0.1) is 5.82 Å². The van der Waals surface area contributed by atoms with Crippen molar-refractivity contribution >= 4 is 11.6 Å². The highest BCUT2D eigenvalue weighted by Crippen LogP contribution is 2.42. The maximum absolute atomic E-state index is 13.2. The van der Waals surface area contributed by atoms with Crippen LogP contribution in [0.25, 0.3) is 0 Å². The molecule has 1 aromatic heterocycles. The van der Waals surface area contributed by atoms with Gasteiger partial charge in [0.1, 0.15) is 5.82 Å². The highest BCUT2D eigenvalue weighted by atomic mass is 19.1. The normalized spacial score (nSPS) is 14.2. The van der Waals surface area contributed by atoms with Gasteiger partial charge in [0.05, 0.1) is 11.4 Å². The first-order chi connectivity index (χ1) is 10.1. The molecule has 1 amide bonds. The molecule has 3 N–H and O–H groups in total. The molecule has 1 heterocycles. The predicted molar refractivity (Wildman–Crippen MR) is 77.2 cm³/mol. The summed E-state index contributed by atoms with van der Waals surface area (Å²) in [5.41, 5.74) is 8.27. The topological polar surface area (TPSA) is 75.0 Å². The zero-order chi connectivity index (χ0) is 15.0. The third-order valence-electron chi connectivity index (χ3n) is 3.68. The van der Waals surface area contributed by atoms with Crippen molar-refractivity contribution in [3.8, 4) is 0 Å². The van der Waals surface area contributed by atoms with Gasteiger partial charge in [-0.15, -0.1) is 0 Å². The number of carbonyl (C=O) groups is 1. The van der Waals surface area contributed by atoms with Crippen LogP contribution < -0.4 is 5.73 Å². The van der Waals surface area contributed by atoms with Gasteiger partial charge in [0.2, 0.25) is 0 Å². The number of nitrogens with one attached hydrogen (secondary N) is 1. The number of carbonyl (C=O) groups excluding carboxylic acids is 1. The summed E-state index contributed by atoms with van der Waals surface area (Å²) in [5.74, 6) is -0.170. The van der Waals surface area contributed by atoms with E-state index in [0.29, 0.717) is 18.2 Å². The molecule has 0 saturated heterocycles. The van der Waals surface area contributed by atoms with E-state index in [1.165, 1.54) is 17.0 Å². The molecule has 0 unspecified atom stereocenters. The average Bonchev–Trinajstić information content (AvgIpc) is 3.21. The number of aromatic amines is 1. The van der Waals surface area contributed by atoms with Gasteiger partial charge in [-0.1, -0.05) is 12.1 Å². The Kier molecular flexibility index (Phi) is 3.37. The number of nitrogen functional groups attached to an aromatic ring is 1. The minimum Gasteiger partial charge on any atom is -0.395 e. The van der Waals surface area contributed by atoms with Gasteiger partial charge in [0, 0.05) is 19.5 Å². The van der Waals surface area contributed by atoms with Crippen LogP contribution >= 0.6 is 0 Å². The molecule has 1 saturated carbocycles. The van der Waals surface area contributed by atoms with E-state index in [1.54, 1.807) is 19.2 Å². The number of aromatic nitrogens is 2. The number of nitrogens with zero attached hydrogens (tertiary/aromatic N) is 2. The number of anilines is 1. The minimum absolute atomic E-state index is 0.246. The Balaban J connectivity index is 1.75. The largest absolute Gasteiger partial charge is 0.395 e. The third-order valence-corrected chi connectivity index (χ3v) is 3.68. The second kappa shape index (κ2) is 5.20. The molecule has 0 spiro atoms. The first-order valence-corrected chi connectivity index (χ1v) is 6.90. The Labute approximate surface area is 121 Å². The van der Waals surface area contributed by atoms with Crippen LogP contribution in [-0.4, -0.2) is 28.1 Å². The molecule has 0 aliphatic heterocycles. The number of hydrogen-bond acceptors (Lipinski definition) is 3. The minimum atomic E-state index is -0.316. The van der Waals surface area contributed by atoms with Gasteiger partial charge in [-0.05, 0) is 30.5 Å². The molecule has 21 heavy (non-hydrogen) atoms. The van der Waals surface area contributed by atoms with Gasteiger partial charge in [0.25, 0.3) is 5.91 Å². The summed E-state index contributed by atoms with van der Waals surface area (Å²) in [6.45, 7) is 0.307. The van der Waals surface area contributed by atoms with Crippen LogP contribution in [0.1, 0.15) is 40.5 Å². The molecular weight excluding hydrogens is 271 g/mol. The van der Waals surface area contributed by atoms with E-state index in [-0.39, 0.29) is 17.4 Å². The number of benzene rings is 1. The molecule has 5 nitrogen and oxygen atoms in total. The van der Waals surface area contributed by atoms with E-state index in [4.69, 9.17) is 5.73 Å². The molecule has 1 aliphatic carbocycles. The molecule has 1 aliphatic rings. The summed E-state index contributed by atoms with van der Waals surface area (Å²) in [6, 6.07) is 6.18. The van der Waals surface area contributed by atoms with Crippen LogP contribution in [0.5, 0.6) is 0 Å². The average molecular weight is 288 g/mol. The van der Waals surface area contributed by atoms with E-state index < -0.39 is 0 Å². The van der Waals surface area contributed by atoms with Crippen LogP contribution in [0.3, 0.4) is 0 Å². The Hall–Kier alpha value is -2.37.